The summed E-state index contributed by atoms with van der Waals surface area (Å²) in [6.07, 6.45) is 6.82. The Labute approximate surface area is 110 Å². The lowest BCUT2D eigenvalue weighted by Crippen LogP contribution is -2.45. The van der Waals surface area contributed by atoms with Crippen molar-refractivity contribution in [1.82, 2.24) is 5.32 Å². The van der Waals surface area contributed by atoms with E-state index in [9.17, 15) is 4.79 Å². The summed E-state index contributed by atoms with van der Waals surface area (Å²) in [6, 6.07) is 0.101. The highest BCUT2D eigenvalue weighted by molar-refractivity contribution is 7.80. The van der Waals surface area contributed by atoms with E-state index in [4.69, 9.17) is 18.0 Å². The van der Waals surface area contributed by atoms with Crippen LogP contribution in [0.1, 0.15) is 58.8 Å². The summed E-state index contributed by atoms with van der Waals surface area (Å²) in [6.45, 7) is 4.16. The predicted octanol–water partition coefficient (Wildman–Crippen LogP) is 2.53. The number of carbonyl (C=O) groups is 1. The van der Waals surface area contributed by atoms with Gasteiger partial charge in [0.15, 0.2) is 0 Å². The third-order valence-electron chi connectivity index (χ3n) is 3.99. The third-order valence-corrected chi connectivity index (χ3v) is 4.16. The second kappa shape index (κ2) is 6.34. The second-order valence-corrected chi connectivity index (χ2v) is 5.61. The van der Waals surface area contributed by atoms with Crippen LogP contribution in [0.2, 0.25) is 0 Å². The number of rotatable bonds is 6. The predicted molar refractivity (Wildman–Crippen MR) is 74.8 cm³/mol. The molecule has 4 heteroatoms. The monoisotopic (exact) mass is 256 g/mol. The van der Waals surface area contributed by atoms with Gasteiger partial charge in [0.25, 0.3) is 0 Å². The molecule has 0 aromatic heterocycles. The lowest BCUT2D eigenvalue weighted by Gasteiger charge is -2.29. The highest BCUT2D eigenvalue weighted by Gasteiger charge is 2.39. The fourth-order valence-electron chi connectivity index (χ4n) is 2.67. The molecule has 0 radical (unpaired) electrons. The van der Waals surface area contributed by atoms with Crippen LogP contribution in [-0.4, -0.2) is 16.9 Å². The molecule has 0 aromatic rings. The molecule has 1 aliphatic rings. The molecule has 0 aromatic carbocycles. The zero-order valence-corrected chi connectivity index (χ0v) is 11.7. The normalized spacial score (nSPS) is 19.9. The summed E-state index contributed by atoms with van der Waals surface area (Å²) >= 11 is 4.91. The first-order chi connectivity index (χ1) is 8.04. The van der Waals surface area contributed by atoms with Crippen molar-refractivity contribution in [1.29, 1.82) is 0 Å². The van der Waals surface area contributed by atoms with Crippen LogP contribution in [0, 0.1) is 5.41 Å². The Bertz CT molecular complexity index is 285. The van der Waals surface area contributed by atoms with Gasteiger partial charge in [0.2, 0.25) is 5.91 Å². The minimum Gasteiger partial charge on any atom is -0.393 e. The average molecular weight is 256 g/mol. The van der Waals surface area contributed by atoms with Crippen LogP contribution in [0.5, 0.6) is 0 Å². The van der Waals surface area contributed by atoms with Gasteiger partial charge in [-0.2, -0.15) is 0 Å². The molecule has 1 unspecified atom stereocenters. The van der Waals surface area contributed by atoms with Crippen molar-refractivity contribution in [3.63, 3.8) is 0 Å². The largest absolute Gasteiger partial charge is 0.393 e. The van der Waals surface area contributed by atoms with Gasteiger partial charge >= 0.3 is 0 Å². The third kappa shape index (κ3) is 3.66. The van der Waals surface area contributed by atoms with Crippen molar-refractivity contribution in [2.24, 2.45) is 11.1 Å². The van der Waals surface area contributed by atoms with Crippen LogP contribution in [0.4, 0.5) is 0 Å². The maximum absolute atomic E-state index is 12.4. The van der Waals surface area contributed by atoms with Crippen LogP contribution in [-0.2, 0) is 4.79 Å². The van der Waals surface area contributed by atoms with Crippen molar-refractivity contribution in [2.75, 3.05) is 0 Å². The van der Waals surface area contributed by atoms with Crippen molar-refractivity contribution in [3.05, 3.63) is 0 Å². The first kappa shape index (κ1) is 14.4. The molecule has 0 saturated heterocycles. The molecule has 1 atom stereocenters. The number of carbonyl (C=O) groups excluding carboxylic acids is 1. The van der Waals surface area contributed by atoms with Crippen molar-refractivity contribution < 1.29 is 4.79 Å². The van der Waals surface area contributed by atoms with Crippen LogP contribution in [0.25, 0.3) is 0 Å². The zero-order chi connectivity index (χ0) is 12.9. The maximum atomic E-state index is 12.4. The quantitative estimate of drug-likeness (QED) is 0.718. The lowest BCUT2D eigenvalue weighted by molar-refractivity contribution is -0.131. The van der Waals surface area contributed by atoms with Gasteiger partial charge in [-0.15, -0.1) is 0 Å². The topological polar surface area (TPSA) is 55.1 Å². The zero-order valence-electron chi connectivity index (χ0n) is 10.9. The minimum absolute atomic E-state index is 0.101. The Morgan fingerprint density at radius 1 is 1.41 bits per heavy atom. The fraction of sp³-hybridized carbons (Fsp3) is 0.846. The van der Waals surface area contributed by atoms with Gasteiger partial charge in [0.05, 0.1) is 4.99 Å². The minimum atomic E-state index is -0.121. The Hall–Kier alpha value is -0.640. The summed E-state index contributed by atoms with van der Waals surface area (Å²) in [7, 11) is 0. The van der Waals surface area contributed by atoms with Crippen LogP contribution < -0.4 is 11.1 Å². The van der Waals surface area contributed by atoms with E-state index in [1.165, 1.54) is 12.8 Å². The maximum Gasteiger partial charge on any atom is 0.226 e. The highest BCUT2D eigenvalue weighted by Crippen LogP contribution is 2.41. The standard InChI is InChI=1S/C13H24N2OS/c1-3-10(9-11(14)17)15-12(16)13(4-2)7-5-6-8-13/h10H,3-9H2,1-2H3,(H2,14,17)(H,15,16). The molecular weight excluding hydrogens is 232 g/mol. The molecule has 1 fully saturated rings. The summed E-state index contributed by atoms with van der Waals surface area (Å²) in [5.41, 5.74) is 5.42. The molecular formula is C13H24N2OS. The van der Waals surface area contributed by atoms with E-state index in [2.05, 4.69) is 19.2 Å². The SMILES string of the molecule is CCC(CC(N)=S)NC(=O)C1(CC)CCCC1. The van der Waals surface area contributed by atoms with E-state index in [1.54, 1.807) is 0 Å². The van der Waals surface area contributed by atoms with Gasteiger partial charge in [-0.05, 0) is 25.7 Å². The number of thiocarbonyl (C=S) groups is 1. The van der Waals surface area contributed by atoms with Crippen molar-refractivity contribution >= 4 is 23.1 Å². The van der Waals surface area contributed by atoms with Gasteiger partial charge in [0.1, 0.15) is 0 Å². The van der Waals surface area contributed by atoms with Gasteiger partial charge in [-0.1, -0.05) is 38.9 Å². The average Bonchev–Trinajstić information content (AvgIpc) is 2.77. The first-order valence-electron chi connectivity index (χ1n) is 6.63. The van der Waals surface area contributed by atoms with E-state index in [0.29, 0.717) is 11.4 Å². The van der Waals surface area contributed by atoms with Crippen molar-refractivity contribution in [3.8, 4) is 0 Å². The molecule has 1 amide bonds. The molecule has 1 aliphatic carbocycles. The molecule has 0 heterocycles. The molecule has 0 bridgehead atoms. The number of hydrogen-bond acceptors (Lipinski definition) is 2. The summed E-state index contributed by atoms with van der Waals surface area (Å²) in [5.74, 6) is 0.209. The van der Waals surface area contributed by atoms with Crippen LogP contribution in [0.15, 0.2) is 0 Å². The number of nitrogens with two attached hydrogens (primary N) is 1. The number of hydrogen-bond donors (Lipinski definition) is 2. The first-order valence-corrected chi connectivity index (χ1v) is 7.04. The lowest BCUT2D eigenvalue weighted by atomic mass is 9.82. The summed E-state index contributed by atoms with van der Waals surface area (Å²) < 4.78 is 0. The van der Waals surface area contributed by atoms with Gasteiger partial charge in [-0.3, -0.25) is 4.79 Å². The Morgan fingerprint density at radius 2 is 2.00 bits per heavy atom. The smallest absolute Gasteiger partial charge is 0.226 e. The molecule has 1 saturated carbocycles. The van der Waals surface area contributed by atoms with Crippen LogP contribution in [0.3, 0.4) is 0 Å². The van der Waals surface area contributed by atoms with Gasteiger partial charge in [-0.25, -0.2) is 0 Å². The number of nitrogens with one attached hydrogen (secondary N) is 1. The molecule has 0 aliphatic heterocycles. The Balaban J connectivity index is 2.59. The number of amides is 1. The molecule has 3 N–H and O–H groups in total. The second-order valence-electron chi connectivity index (χ2n) is 5.09. The molecule has 17 heavy (non-hydrogen) atoms. The molecule has 98 valence electrons. The Morgan fingerprint density at radius 3 is 2.41 bits per heavy atom. The van der Waals surface area contributed by atoms with E-state index in [0.717, 1.165) is 25.7 Å². The fourth-order valence-corrected chi connectivity index (χ4v) is 2.87. The molecule has 1 rings (SSSR count). The van der Waals surface area contributed by atoms with Crippen LogP contribution >= 0.6 is 12.2 Å². The van der Waals surface area contributed by atoms with Crippen molar-refractivity contribution in [2.45, 2.75) is 64.8 Å². The molecule has 0 spiro atoms. The van der Waals surface area contributed by atoms with Gasteiger partial charge < -0.3 is 11.1 Å². The summed E-state index contributed by atoms with van der Waals surface area (Å²) in [4.78, 5) is 12.8. The highest BCUT2D eigenvalue weighted by atomic mass is 32.1. The van der Waals surface area contributed by atoms with E-state index >= 15 is 0 Å². The Kier molecular flexibility index (Phi) is 5.37. The van der Waals surface area contributed by atoms with Gasteiger partial charge in [0, 0.05) is 17.9 Å². The molecule has 3 nitrogen and oxygen atoms in total. The van der Waals surface area contributed by atoms with E-state index in [1.807, 2.05) is 0 Å². The van der Waals surface area contributed by atoms with E-state index in [-0.39, 0.29) is 17.4 Å². The van der Waals surface area contributed by atoms with E-state index < -0.39 is 0 Å². The summed E-state index contributed by atoms with van der Waals surface area (Å²) in [5, 5.41) is 3.13.